The number of carbonyl (C=O) groups is 2. The lowest BCUT2D eigenvalue weighted by Gasteiger charge is -2.33. The Labute approximate surface area is 227 Å². The van der Waals surface area contributed by atoms with Crippen LogP contribution in [0.1, 0.15) is 43.9 Å². The van der Waals surface area contributed by atoms with Gasteiger partial charge in [0.1, 0.15) is 12.6 Å². The molecule has 0 spiro atoms. The van der Waals surface area contributed by atoms with Crippen LogP contribution in [0.3, 0.4) is 0 Å². The topological polar surface area (TPSA) is 86.8 Å². The van der Waals surface area contributed by atoms with Crippen LogP contribution >= 0.6 is 11.6 Å². The van der Waals surface area contributed by atoms with Crippen molar-refractivity contribution in [3.8, 4) is 0 Å². The minimum atomic E-state index is -4.76. The predicted molar refractivity (Wildman–Crippen MR) is 142 cm³/mol. The van der Waals surface area contributed by atoms with E-state index in [0.29, 0.717) is 22.5 Å². The zero-order valence-electron chi connectivity index (χ0n) is 22.0. The second-order valence-electron chi connectivity index (χ2n) is 9.50. The molecule has 0 aliphatic carbocycles. The van der Waals surface area contributed by atoms with E-state index in [1.165, 1.54) is 4.90 Å². The molecule has 38 heavy (non-hydrogen) atoms. The fourth-order valence-electron chi connectivity index (χ4n) is 3.71. The molecule has 0 aliphatic heterocycles. The second-order valence-corrected chi connectivity index (χ2v) is 11.8. The van der Waals surface area contributed by atoms with Gasteiger partial charge < -0.3 is 10.2 Å². The summed E-state index contributed by atoms with van der Waals surface area (Å²) in [4.78, 5) is 28.0. The molecule has 1 atom stereocenters. The first kappa shape index (κ1) is 31.4. The number of rotatable bonds is 11. The van der Waals surface area contributed by atoms with Crippen molar-refractivity contribution in [3.05, 3.63) is 64.2 Å². The van der Waals surface area contributed by atoms with E-state index >= 15 is 0 Å². The first-order valence-corrected chi connectivity index (χ1v) is 14.2. The van der Waals surface area contributed by atoms with Crippen LogP contribution in [0.4, 0.5) is 18.9 Å². The van der Waals surface area contributed by atoms with E-state index in [0.717, 1.165) is 24.0 Å². The van der Waals surface area contributed by atoms with Gasteiger partial charge >= 0.3 is 6.18 Å². The molecule has 0 bridgehead atoms. The Morgan fingerprint density at radius 2 is 1.68 bits per heavy atom. The zero-order chi connectivity index (χ0) is 28.8. The van der Waals surface area contributed by atoms with Gasteiger partial charge in [0.25, 0.3) is 0 Å². The summed E-state index contributed by atoms with van der Waals surface area (Å²) in [6.07, 6.45) is -3.76. The molecule has 2 rings (SSSR count). The van der Waals surface area contributed by atoms with E-state index in [4.69, 9.17) is 11.6 Å². The number of nitrogens with one attached hydrogen (secondary N) is 1. The summed E-state index contributed by atoms with van der Waals surface area (Å²) >= 11 is 6.10. The molecule has 7 nitrogen and oxygen atoms in total. The van der Waals surface area contributed by atoms with Gasteiger partial charge in [-0.3, -0.25) is 13.9 Å². The molecule has 210 valence electrons. The molecule has 2 aromatic carbocycles. The van der Waals surface area contributed by atoms with Crippen molar-refractivity contribution >= 4 is 39.1 Å². The molecule has 0 aliphatic rings. The number of hydrogen-bond acceptors (Lipinski definition) is 4. The third kappa shape index (κ3) is 8.62. The van der Waals surface area contributed by atoms with Crippen LogP contribution in [0.2, 0.25) is 5.02 Å². The van der Waals surface area contributed by atoms with E-state index < -0.39 is 51.9 Å². The Morgan fingerprint density at radius 1 is 1.08 bits per heavy atom. The van der Waals surface area contributed by atoms with Crippen molar-refractivity contribution in [1.29, 1.82) is 0 Å². The zero-order valence-corrected chi connectivity index (χ0v) is 23.5. The number of alkyl halides is 3. The fourth-order valence-corrected chi connectivity index (χ4v) is 4.83. The van der Waals surface area contributed by atoms with Crippen LogP contribution in [0.15, 0.2) is 42.5 Å². The molecule has 0 aromatic heterocycles. The number of benzene rings is 2. The van der Waals surface area contributed by atoms with Gasteiger partial charge in [-0.15, -0.1) is 0 Å². The maximum Gasteiger partial charge on any atom is 0.416 e. The van der Waals surface area contributed by atoms with Gasteiger partial charge in [-0.1, -0.05) is 62.2 Å². The third-order valence-electron chi connectivity index (χ3n) is 5.77. The standard InChI is InChI=1S/C26H33ClF3N3O4S/c1-6-22(25(35)31-14-17(2)3)32(15-19-9-7-18(4)8-10-19)24(34)16-33(38(5,36)37)23-13-20(26(28,29)30)11-12-21(23)27/h7-13,17,22H,6,14-16H2,1-5H3,(H,31,35)/t22-/m1/s1. The van der Waals surface area contributed by atoms with Crippen molar-refractivity contribution in [2.75, 3.05) is 23.7 Å². The third-order valence-corrected chi connectivity index (χ3v) is 7.21. The van der Waals surface area contributed by atoms with Crippen LogP contribution in [0.25, 0.3) is 0 Å². The maximum absolute atomic E-state index is 13.7. The van der Waals surface area contributed by atoms with E-state index in [2.05, 4.69) is 5.32 Å². The summed E-state index contributed by atoms with van der Waals surface area (Å²) in [6, 6.07) is 8.55. The summed E-state index contributed by atoms with van der Waals surface area (Å²) in [6.45, 7) is 6.95. The van der Waals surface area contributed by atoms with Gasteiger partial charge in [0.15, 0.2) is 0 Å². The molecule has 0 saturated carbocycles. The predicted octanol–water partition coefficient (Wildman–Crippen LogP) is 5.01. The molecule has 0 heterocycles. The summed E-state index contributed by atoms with van der Waals surface area (Å²) < 4.78 is 66.0. The van der Waals surface area contributed by atoms with Crippen LogP contribution in [-0.2, 0) is 32.3 Å². The van der Waals surface area contributed by atoms with E-state index in [1.807, 2.05) is 32.9 Å². The van der Waals surface area contributed by atoms with Gasteiger partial charge in [-0.2, -0.15) is 13.2 Å². The average molecular weight is 576 g/mol. The van der Waals surface area contributed by atoms with Crippen LogP contribution in [0, 0.1) is 12.8 Å². The molecule has 0 fully saturated rings. The highest BCUT2D eigenvalue weighted by molar-refractivity contribution is 7.92. The SMILES string of the molecule is CC[C@H](C(=O)NCC(C)C)N(Cc1ccc(C)cc1)C(=O)CN(c1cc(C(F)(F)F)ccc1Cl)S(C)(=O)=O. The van der Waals surface area contributed by atoms with E-state index in [1.54, 1.807) is 19.1 Å². The number of hydrogen-bond donors (Lipinski definition) is 1. The highest BCUT2D eigenvalue weighted by Crippen LogP contribution is 2.36. The van der Waals surface area contributed by atoms with Gasteiger partial charge in [0, 0.05) is 13.1 Å². The summed E-state index contributed by atoms with van der Waals surface area (Å²) in [7, 11) is -4.25. The Balaban J connectivity index is 2.52. The Bertz CT molecular complexity index is 1240. The Hall–Kier alpha value is -2.79. The molecule has 0 saturated heterocycles. The number of nitrogens with zero attached hydrogens (tertiary/aromatic N) is 2. The molecule has 0 radical (unpaired) electrons. The van der Waals surface area contributed by atoms with Gasteiger partial charge in [0.05, 0.1) is 22.5 Å². The van der Waals surface area contributed by atoms with Crippen LogP contribution < -0.4 is 9.62 Å². The van der Waals surface area contributed by atoms with Crippen LogP contribution in [-0.4, -0.2) is 50.5 Å². The molecule has 0 unspecified atom stereocenters. The number of halogens is 4. The lowest BCUT2D eigenvalue weighted by Crippen LogP contribution is -2.52. The lowest BCUT2D eigenvalue weighted by molar-refractivity contribution is -0.140. The number of sulfonamides is 1. The maximum atomic E-state index is 13.7. The van der Waals surface area contributed by atoms with Crippen molar-refractivity contribution in [2.45, 2.75) is 52.9 Å². The normalized spacial score (nSPS) is 12.8. The first-order valence-electron chi connectivity index (χ1n) is 12.0. The summed E-state index contributed by atoms with van der Waals surface area (Å²) in [5, 5.41) is 2.53. The fraction of sp³-hybridized carbons (Fsp3) is 0.462. The summed E-state index contributed by atoms with van der Waals surface area (Å²) in [5.41, 5.74) is 0.0804. The average Bonchev–Trinajstić information content (AvgIpc) is 2.81. The van der Waals surface area contributed by atoms with Crippen molar-refractivity contribution < 1.29 is 31.2 Å². The van der Waals surface area contributed by atoms with Crippen molar-refractivity contribution in [1.82, 2.24) is 10.2 Å². The largest absolute Gasteiger partial charge is 0.416 e. The second kappa shape index (κ2) is 12.8. The minimum Gasteiger partial charge on any atom is -0.354 e. The smallest absolute Gasteiger partial charge is 0.354 e. The molecular formula is C26H33ClF3N3O4S. The quantitative estimate of drug-likeness (QED) is 0.408. The number of amides is 2. The highest BCUT2D eigenvalue weighted by Gasteiger charge is 2.35. The van der Waals surface area contributed by atoms with E-state index in [-0.39, 0.29) is 23.9 Å². The minimum absolute atomic E-state index is 0.0133. The van der Waals surface area contributed by atoms with Gasteiger partial charge in [-0.25, -0.2) is 8.42 Å². The Kier molecular flexibility index (Phi) is 10.6. The lowest BCUT2D eigenvalue weighted by atomic mass is 10.1. The molecule has 2 amide bonds. The monoisotopic (exact) mass is 575 g/mol. The highest BCUT2D eigenvalue weighted by atomic mass is 35.5. The van der Waals surface area contributed by atoms with Gasteiger partial charge in [-0.05, 0) is 43.0 Å². The molecule has 12 heteroatoms. The number of carbonyl (C=O) groups excluding carboxylic acids is 2. The molecular weight excluding hydrogens is 543 g/mol. The first-order chi connectivity index (χ1) is 17.5. The molecule has 1 N–H and O–H groups in total. The number of anilines is 1. The van der Waals surface area contributed by atoms with E-state index in [9.17, 15) is 31.2 Å². The Morgan fingerprint density at radius 3 is 2.18 bits per heavy atom. The van der Waals surface area contributed by atoms with Crippen LogP contribution in [0.5, 0.6) is 0 Å². The summed E-state index contributed by atoms with van der Waals surface area (Å²) in [5.74, 6) is -1.03. The van der Waals surface area contributed by atoms with Crippen molar-refractivity contribution in [2.24, 2.45) is 5.92 Å². The van der Waals surface area contributed by atoms with Crippen molar-refractivity contribution in [3.63, 3.8) is 0 Å². The number of aryl methyl sites for hydroxylation is 1. The van der Waals surface area contributed by atoms with Gasteiger partial charge in [0.2, 0.25) is 21.8 Å². The molecule has 2 aromatic rings.